The van der Waals surface area contributed by atoms with Crippen LogP contribution in [0.1, 0.15) is 68.1 Å². The minimum atomic E-state index is -1.63. The van der Waals surface area contributed by atoms with Crippen LogP contribution in [-0.2, 0) is 46.4 Å². The SMILES string of the molecule is Cc1ccc(N2CCC(NC(=O)[C@@H](N)CC(=O)O)(C(=O)N[C@H](Cc3ccccc3)C(=O)N[C@@H](CCCN=C(N)N)C(=O)N[C@@H](Cc3c[nH]c4ccccc34)C(=O)N[C@@H](CCCCN)C(N)=O)CC2)cc1. The maximum Gasteiger partial charge on any atom is 0.305 e. The average molecular weight is 966 g/mol. The Morgan fingerprint density at radius 3 is 1.97 bits per heavy atom. The Hall–Kier alpha value is -7.52. The van der Waals surface area contributed by atoms with Crippen molar-refractivity contribution in [1.29, 1.82) is 0 Å². The van der Waals surface area contributed by atoms with E-state index in [2.05, 4.69) is 41.5 Å². The van der Waals surface area contributed by atoms with Gasteiger partial charge in [-0.2, -0.15) is 0 Å². The molecule has 70 heavy (non-hydrogen) atoms. The highest BCUT2D eigenvalue weighted by Gasteiger charge is 2.45. The molecule has 0 unspecified atom stereocenters. The Labute approximate surface area is 406 Å². The van der Waals surface area contributed by atoms with Gasteiger partial charge in [0, 0.05) is 55.3 Å². The predicted octanol–water partition coefficient (Wildman–Crippen LogP) is -0.174. The van der Waals surface area contributed by atoms with Gasteiger partial charge >= 0.3 is 5.97 Å². The summed E-state index contributed by atoms with van der Waals surface area (Å²) in [7, 11) is 0. The van der Waals surface area contributed by atoms with E-state index < -0.39 is 83.6 Å². The second kappa shape index (κ2) is 25.7. The summed E-state index contributed by atoms with van der Waals surface area (Å²) in [5, 5.41) is 24.1. The number of aromatic amines is 1. The molecule has 5 atom stereocenters. The van der Waals surface area contributed by atoms with Gasteiger partial charge in [-0.05, 0) is 87.7 Å². The number of benzene rings is 3. The van der Waals surface area contributed by atoms with Crippen molar-refractivity contribution in [1.82, 2.24) is 31.6 Å². The van der Waals surface area contributed by atoms with Crippen molar-refractivity contribution >= 4 is 64.0 Å². The van der Waals surface area contributed by atoms with Gasteiger partial charge in [0.2, 0.25) is 35.4 Å². The number of nitrogens with one attached hydrogen (secondary N) is 6. The fourth-order valence-corrected chi connectivity index (χ4v) is 8.37. The van der Waals surface area contributed by atoms with E-state index in [9.17, 15) is 38.7 Å². The third kappa shape index (κ3) is 15.5. The average Bonchev–Trinajstić information content (AvgIpc) is 3.74. The molecular formula is C49H67N13O8. The lowest BCUT2D eigenvalue weighted by Gasteiger charge is -2.43. The summed E-state index contributed by atoms with van der Waals surface area (Å²) >= 11 is 0. The number of hydrogen-bond donors (Lipinski definition) is 12. The first-order chi connectivity index (χ1) is 33.5. The zero-order chi connectivity index (χ0) is 50.8. The van der Waals surface area contributed by atoms with Crippen LogP contribution in [0.4, 0.5) is 5.69 Å². The summed E-state index contributed by atoms with van der Waals surface area (Å²) in [5.41, 5.74) is 31.0. The fraction of sp³-hybridized carbons (Fsp3) is 0.429. The number of carbonyl (C=O) groups is 7. The van der Waals surface area contributed by atoms with E-state index in [1.54, 1.807) is 36.5 Å². The highest BCUT2D eigenvalue weighted by molar-refractivity contribution is 5.99. The quantitative estimate of drug-likeness (QED) is 0.0221. The highest BCUT2D eigenvalue weighted by atomic mass is 16.4. The monoisotopic (exact) mass is 966 g/mol. The van der Waals surface area contributed by atoms with Crippen LogP contribution in [0.25, 0.3) is 10.9 Å². The summed E-state index contributed by atoms with van der Waals surface area (Å²) in [5.74, 6) is -6.05. The number of aliphatic carboxylic acids is 1. The molecule has 21 nitrogen and oxygen atoms in total. The number of carboxylic acids is 1. The van der Waals surface area contributed by atoms with Crippen molar-refractivity contribution in [3.63, 3.8) is 0 Å². The molecule has 1 saturated heterocycles. The molecule has 5 rings (SSSR count). The fourth-order valence-electron chi connectivity index (χ4n) is 8.37. The number of primary amides is 1. The van der Waals surface area contributed by atoms with Crippen molar-refractivity contribution in [2.24, 2.45) is 33.7 Å². The number of guanidine groups is 1. The molecule has 0 saturated carbocycles. The summed E-state index contributed by atoms with van der Waals surface area (Å²) in [6.07, 6.45) is 2.57. The largest absolute Gasteiger partial charge is 0.481 e. The van der Waals surface area contributed by atoms with E-state index in [-0.39, 0.29) is 57.5 Å². The molecular weight excluding hydrogens is 899 g/mol. The highest BCUT2D eigenvalue weighted by Crippen LogP contribution is 2.28. The molecule has 17 N–H and O–H groups in total. The number of anilines is 1. The van der Waals surface area contributed by atoms with Crippen LogP contribution in [-0.4, -0.2) is 119 Å². The van der Waals surface area contributed by atoms with Gasteiger partial charge in [-0.25, -0.2) is 0 Å². The Kier molecular flexibility index (Phi) is 19.6. The molecule has 2 heterocycles. The van der Waals surface area contributed by atoms with Crippen LogP contribution in [0.15, 0.2) is 90.1 Å². The van der Waals surface area contributed by atoms with Gasteiger partial charge in [-0.1, -0.05) is 66.2 Å². The van der Waals surface area contributed by atoms with Crippen molar-refractivity contribution in [3.05, 3.63) is 102 Å². The Morgan fingerprint density at radius 2 is 1.33 bits per heavy atom. The molecule has 0 radical (unpaired) electrons. The second-order valence-corrected chi connectivity index (χ2v) is 17.7. The number of carboxylic acid groups (broad SMARTS) is 1. The number of nitrogens with zero attached hydrogens (tertiary/aromatic N) is 2. The van der Waals surface area contributed by atoms with Crippen LogP contribution in [0.3, 0.4) is 0 Å². The predicted molar refractivity (Wildman–Crippen MR) is 266 cm³/mol. The number of fused-ring (bicyclic) bond motifs is 1. The molecule has 0 spiro atoms. The lowest BCUT2D eigenvalue weighted by Crippen LogP contribution is -2.67. The number of unbranched alkanes of at least 4 members (excludes halogenated alkanes) is 1. The van der Waals surface area contributed by atoms with Gasteiger partial charge in [0.25, 0.3) is 0 Å². The van der Waals surface area contributed by atoms with E-state index in [0.717, 1.165) is 22.2 Å². The molecule has 1 aromatic heterocycles. The molecule has 1 fully saturated rings. The number of carbonyl (C=O) groups excluding carboxylic acids is 6. The molecule has 21 heteroatoms. The van der Waals surface area contributed by atoms with E-state index in [4.69, 9.17) is 28.7 Å². The Balaban J connectivity index is 1.45. The van der Waals surface area contributed by atoms with Crippen molar-refractivity contribution < 1.29 is 38.7 Å². The van der Waals surface area contributed by atoms with Crippen molar-refractivity contribution in [2.75, 3.05) is 31.1 Å². The van der Waals surface area contributed by atoms with Crippen LogP contribution in [0, 0.1) is 6.92 Å². The van der Waals surface area contributed by atoms with Gasteiger partial charge in [0.1, 0.15) is 29.7 Å². The van der Waals surface area contributed by atoms with Crippen molar-refractivity contribution in [3.8, 4) is 0 Å². The Bertz CT molecular complexity index is 2450. The molecule has 0 bridgehead atoms. The topological polar surface area (TPSA) is 361 Å². The summed E-state index contributed by atoms with van der Waals surface area (Å²) < 4.78 is 0. The number of aryl methyl sites for hydroxylation is 1. The van der Waals surface area contributed by atoms with Crippen LogP contribution >= 0.6 is 0 Å². The van der Waals surface area contributed by atoms with E-state index in [1.165, 1.54) is 0 Å². The smallest absolute Gasteiger partial charge is 0.305 e. The number of piperidine rings is 1. The number of amides is 6. The van der Waals surface area contributed by atoms with Gasteiger partial charge < -0.3 is 70.2 Å². The third-order valence-electron chi connectivity index (χ3n) is 12.4. The summed E-state index contributed by atoms with van der Waals surface area (Å²) in [4.78, 5) is 105. The van der Waals surface area contributed by atoms with E-state index in [0.29, 0.717) is 43.6 Å². The first-order valence-electron chi connectivity index (χ1n) is 23.4. The minimum Gasteiger partial charge on any atom is -0.481 e. The number of para-hydroxylation sites is 1. The zero-order valence-corrected chi connectivity index (χ0v) is 39.5. The van der Waals surface area contributed by atoms with Crippen molar-refractivity contribution in [2.45, 2.75) is 107 Å². The number of aliphatic imine (C=N–C) groups is 1. The molecule has 1 aliphatic heterocycles. The third-order valence-corrected chi connectivity index (χ3v) is 12.4. The number of aromatic nitrogens is 1. The summed E-state index contributed by atoms with van der Waals surface area (Å²) in [6.45, 7) is 3.03. The zero-order valence-electron chi connectivity index (χ0n) is 39.5. The number of hydrogen-bond acceptors (Lipinski definition) is 11. The lowest BCUT2D eigenvalue weighted by molar-refractivity contribution is -0.141. The first-order valence-corrected chi connectivity index (χ1v) is 23.4. The lowest BCUT2D eigenvalue weighted by atomic mass is 9.85. The molecule has 4 aromatic rings. The first kappa shape index (κ1) is 53.4. The van der Waals surface area contributed by atoms with Gasteiger partial charge in [-0.15, -0.1) is 0 Å². The van der Waals surface area contributed by atoms with Crippen LogP contribution in [0.2, 0.25) is 0 Å². The van der Waals surface area contributed by atoms with Crippen LogP contribution < -0.4 is 60.2 Å². The van der Waals surface area contributed by atoms with E-state index in [1.807, 2.05) is 55.5 Å². The number of H-pyrrole nitrogens is 1. The molecule has 0 aliphatic carbocycles. The minimum absolute atomic E-state index is 0.0253. The standard InChI is InChI=1S/C49H67N13O8/c1-30-16-18-33(19-17-30)62-24-20-49(21-25-62,61-43(66)35(51)28-41(63)64)47(70)60-39(26-31-10-3-2-4-11-31)45(68)58-38(15-9-23-55-48(53)54)44(67)59-40(27-32-29-56-36-13-6-5-12-34(32)36)46(69)57-37(42(52)65)14-7-8-22-50/h2-6,10-13,16-19,29,35,37-40,56H,7-9,14-15,20-28,50-51H2,1H3,(H2,52,65)(H,57,69)(H,58,68)(H,59,67)(H,60,70)(H,61,66)(H,63,64)(H4,53,54,55)/t35-,37-,38-,39+,40-/m0/s1. The second-order valence-electron chi connectivity index (χ2n) is 17.7. The molecule has 6 amide bonds. The normalized spacial score (nSPS) is 15.3. The summed E-state index contributed by atoms with van der Waals surface area (Å²) in [6, 6.07) is 17.6. The maximum absolute atomic E-state index is 14.8. The van der Waals surface area contributed by atoms with E-state index >= 15 is 0 Å². The number of nitrogens with two attached hydrogens (primary N) is 5. The number of rotatable bonds is 26. The van der Waals surface area contributed by atoms with Gasteiger partial charge in [0.15, 0.2) is 5.96 Å². The molecule has 1 aliphatic rings. The Morgan fingerprint density at radius 1 is 0.729 bits per heavy atom. The van der Waals surface area contributed by atoms with Gasteiger partial charge in [0.05, 0.1) is 12.5 Å². The van der Waals surface area contributed by atoms with Crippen LogP contribution in [0.5, 0.6) is 0 Å². The van der Waals surface area contributed by atoms with Gasteiger partial charge in [-0.3, -0.25) is 38.6 Å². The molecule has 376 valence electrons. The maximum atomic E-state index is 14.8. The molecule has 3 aromatic carbocycles.